The maximum absolute atomic E-state index is 5.51. The number of aryl methyl sites for hydroxylation is 6. The molecule has 9 heteroatoms. The molecule has 0 fully saturated rings. The summed E-state index contributed by atoms with van der Waals surface area (Å²) in [5, 5.41) is 0. The van der Waals surface area contributed by atoms with Gasteiger partial charge in [-0.25, -0.2) is 33.7 Å². The van der Waals surface area contributed by atoms with Crippen LogP contribution >= 0.6 is 0 Å². The Balaban J connectivity index is 0.633. The summed E-state index contributed by atoms with van der Waals surface area (Å²) < 4.78 is 6.89. The Morgan fingerprint density at radius 2 is 0.611 bits per heavy atom. The minimum absolute atomic E-state index is 0.851. The fourth-order valence-corrected chi connectivity index (χ4v) is 12.3. The van der Waals surface area contributed by atoms with Gasteiger partial charge in [-0.3, -0.25) is 0 Å². The second-order valence-electron chi connectivity index (χ2n) is 23.9. The van der Waals surface area contributed by atoms with Gasteiger partial charge >= 0.3 is 0 Å². The van der Waals surface area contributed by atoms with Gasteiger partial charge in [-0.1, -0.05) is 120 Å². The normalized spacial score (nSPS) is 16.4. The third-order valence-electron chi connectivity index (χ3n) is 17.4. The zero-order chi connectivity index (χ0) is 60.8. The largest absolute Gasteiger partial charge is 0.354 e. The van der Waals surface area contributed by atoms with Gasteiger partial charge in [0.25, 0.3) is 0 Å². The Kier molecular flexibility index (Phi) is 16.4. The van der Waals surface area contributed by atoms with Crippen LogP contribution in [0.15, 0.2) is 328 Å². The van der Waals surface area contributed by atoms with Gasteiger partial charge in [0.05, 0.1) is 45.6 Å². The van der Waals surface area contributed by atoms with Crippen LogP contribution in [0, 0.1) is 20.8 Å². The molecule has 0 atom stereocenters. The van der Waals surface area contributed by atoms with Crippen molar-refractivity contribution in [2.75, 3.05) is 6.54 Å². The summed E-state index contributed by atoms with van der Waals surface area (Å²) in [6, 6.07) is 50.0. The van der Waals surface area contributed by atoms with Crippen molar-refractivity contribution < 1.29 is 13.7 Å². The lowest BCUT2D eigenvalue weighted by Gasteiger charge is -2.22. The number of benzene rings is 4. The van der Waals surface area contributed by atoms with Gasteiger partial charge in [-0.15, -0.1) is 0 Å². The molecule has 9 nitrogen and oxygen atoms in total. The van der Waals surface area contributed by atoms with Gasteiger partial charge in [-0.05, 0) is 150 Å². The number of rotatable bonds is 17. The average Bonchev–Trinajstić information content (AvgIpc) is 1.84. The van der Waals surface area contributed by atoms with Crippen molar-refractivity contribution in [3.63, 3.8) is 0 Å². The first-order chi connectivity index (χ1) is 44.3. The molecule has 0 aliphatic carbocycles. The maximum Gasteiger partial charge on any atom is 0.169 e. The lowest BCUT2D eigenvalue weighted by atomic mass is 9.97. The first-order valence-electron chi connectivity index (χ1n) is 31.5. The fourth-order valence-electron chi connectivity index (χ4n) is 12.3. The van der Waals surface area contributed by atoms with Gasteiger partial charge in [-0.2, -0.15) is 0 Å². The Morgan fingerprint density at radius 1 is 0.300 bits per heavy atom. The van der Waals surface area contributed by atoms with E-state index in [4.69, 9.17) is 20.0 Å². The van der Waals surface area contributed by atoms with Crippen LogP contribution in [0.5, 0.6) is 0 Å². The van der Waals surface area contributed by atoms with Crippen molar-refractivity contribution in [1.82, 2.24) is 9.80 Å². The van der Waals surface area contributed by atoms with Crippen LogP contribution in [0.1, 0.15) is 70.2 Å². The molecule has 7 aliphatic heterocycles. The topological polar surface area (TPSA) is 67.6 Å². The molecular weight excluding hydrogens is 1100 g/mol. The van der Waals surface area contributed by atoms with Crippen molar-refractivity contribution >= 4 is 45.1 Å². The Bertz CT molecular complexity index is 4410. The number of pyridine rings is 3. The van der Waals surface area contributed by atoms with Crippen LogP contribution in [0.4, 0.5) is 0 Å². The molecule has 8 bridgehead atoms. The minimum Gasteiger partial charge on any atom is -0.354 e. The first kappa shape index (κ1) is 57.0. The highest BCUT2D eigenvalue weighted by Crippen LogP contribution is 2.39. The van der Waals surface area contributed by atoms with Crippen molar-refractivity contribution in [3.8, 4) is 11.1 Å². The number of hydrogen-bond donors (Lipinski definition) is 0. The zero-order valence-corrected chi connectivity index (χ0v) is 51.4. The van der Waals surface area contributed by atoms with Crippen molar-refractivity contribution in [2.24, 2.45) is 20.0 Å². The molecule has 7 aliphatic rings. The Hall–Kier alpha value is -10.8. The third-order valence-corrected chi connectivity index (χ3v) is 17.4. The molecule has 0 radical (unpaired) electrons. The first-order valence-corrected chi connectivity index (χ1v) is 31.5. The lowest BCUT2D eigenvalue weighted by Crippen LogP contribution is -2.35. The molecule has 10 heterocycles. The van der Waals surface area contributed by atoms with Crippen molar-refractivity contribution in [1.29, 1.82) is 0 Å². The monoisotopic (exact) mass is 1170 g/mol. The summed E-state index contributed by atoms with van der Waals surface area (Å²) in [7, 11) is 0. The van der Waals surface area contributed by atoms with E-state index in [9.17, 15) is 0 Å². The van der Waals surface area contributed by atoms with E-state index in [-0.39, 0.29) is 0 Å². The fraction of sp³-hybridized carbons (Fsp3) is 0.148. The third kappa shape index (κ3) is 12.8. The maximum atomic E-state index is 5.51. The van der Waals surface area contributed by atoms with E-state index in [0.29, 0.717) is 0 Å². The SMILES string of the molecule is Cc1ccc(C2=C3C=CC(=N3)C(c3ccc(C)cc3)=C3C=CC(=N3)C(c3cc[n+](CCCC[n+]4ccc(-c5cc[n+](CCCCN6C=CC(=C7C=CN(Cc8ccccc8)C=C7)C=C6)cc5)cc4)cc3)=C3C=CC(=N3)C(c3ccc(C)cc3)=C3C=CC2=N3)cc1. The van der Waals surface area contributed by atoms with Gasteiger partial charge in [0, 0.05) is 116 Å². The molecule has 0 unspecified atom stereocenters. The number of aromatic nitrogens is 3. The standard InChI is InChI=1S/C81H72N9/c1-58-13-19-66(20-14-58)78-70-25-27-72(82-70)79(67-21-15-59(2)16-22-67)74-29-31-76(84-74)81(77-32-30-75(85-77)80(73-28-26-71(78)83-73)68-23-17-60(3)18-24-68)69-41-53-89(54-42-69)46-10-9-45-87-49-35-63(36-50-87)62-33-47-86(48-34-62)43-7-8-44-88-51-37-64(38-52-88)65-39-55-90(56-40-65)57-61-11-5-4-6-12-61/h4-6,11-42,47-56H,7-10,43-46,57H2,1-3H3/q+3. The molecular formula is C81H72N9+3. The number of nitrogens with zero attached hydrogens (tertiary/aromatic N) is 9. The van der Waals surface area contributed by atoms with Crippen LogP contribution in [-0.4, -0.2) is 39.2 Å². The van der Waals surface area contributed by atoms with E-state index < -0.39 is 0 Å². The summed E-state index contributed by atoms with van der Waals surface area (Å²) in [5.74, 6) is 0. The summed E-state index contributed by atoms with van der Waals surface area (Å²) in [6.07, 6.45) is 52.3. The molecule has 7 aromatic rings. The highest BCUT2D eigenvalue weighted by molar-refractivity contribution is 6.39. The predicted molar refractivity (Wildman–Crippen MR) is 367 cm³/mol. The molecule has 3 aromatic heterocycles. The summed E-state index contributed by atoms with van der Waals surface area (Å²) in [6.45, 7) is 11.1. The Morgan fingerprint density at radius 3 is 0.967 bits per heavy atom. The van der Waals surface area contributed by atoms with E-state index in [1.807, 2.05) is 0 Å². The van der Waals surface area contributed by atoms with E-state index >= 15 is 0 Å². The molecule has 0 saturated heterocycles. The van der Waals surface area contributed by atoms with Crippen LogP contribution in [0.25, 0.3) is 33.4 Å². The number of allylic oxidation sites excluding steroid dienone is 18. The molecule has 90 heavy (non-hydrogen) atoms. The lowest BCUT2D eigenvalue weighted by molar-refractivity contribution is -0.708. The van der Waals surface area contributed by atoms with E-state index in [2.05, 4.69) is 319 Å². The van der Waals surface area contributed by atoms with Gasteiger partial charge < -0.3 is 9.80 Å². The second kappa shape index (κ2) is 25.9. The summed E-state index contributed by atoms with van der Waals surface area (Å²) >= 11 is 0. The van der Waals surface area contributed by atoms with Crippen LogP contribution in [0.2, 0.25) is 0 Å². The molecule has 0 amide bonds. The number of fused-ring (bicyclic) bond motifs is 4. The highest BCUT2D eigenvalue weighted by atomic mass is 15.1. The highest BCUT2D eigenvalue weighted by Gasteiger charge is 2.28. The van der Waals surface area contributed by atoms with Crippen LogP contribution in [-0.2, 0) is 26.2 Å². The number of hydrogen-bond acceptors (Lipinski definition) is 6. The molecule has 0 spiro atoms. The second-order valence-corrected chi connectivity index (χ2v) is 23.9. The zero-order valence-electron chi connectivity index (χ0n) is 51.4. The molecule has 438 valence electrons. The van der Waals surface area contributed by atoms with Gasteiger partial charge in [0.1, 0.15) is 19.6 Å². The quantitative estimate of drug-likeness (QED) is 0.0673. The van der Waals surface area contributed by atoms with E-state index in [1.165, 1.54) is 44.5 Å². The van der Waals surface area contributed by atoms with Crippen molar-refractivity contribution in [2.45, 2.75) is 72.6 Å². The number of unbranched alkanes of at least 4 members (excludes halogenated alkanes) is 2. The predicted octanol–water partition coefficient (Wildman–Crippen LogP) is 15.6. The molecule has 4 aromatic carbocycles. The molecule has 14 rings (SSSR count). The van der Waals surface area contributed by atoms with Crippen LogP contribution < -0.4 is 13.7 Å². The van der Waals surface area contributed by atoms with E-state index in [0.717, 1.165) is 149 Å². The van der Waals surface area contributed by atoms with E-state index in [1.54, 1.807) is 0 Å². The molecule has 0 N–H and O–H groups in total. The van der Waals surface area contributed by atoms with Gasteiger partial charge in [0.2, 0.25) is 0 Å². The van der Waals surface area contributed by atoms with Crippen LogP contribution in [0.3, 0.4) is 0 Å². The number of aliphatic imine (C=N–C) groups is 4. The Labute approximate surface area is 528 Å². The average molecular weight is 1170 g/mol. The summed E-state index contributed by atoms with van der Waals surface area (Å²) in [5.41, 5.74) is 24.7. The smallest absolute Gasteiger partial charge is 0.169 e. The molecule has 0 saturated carbocycles. The van der Waals surface area contributed by atoms with Gasteiger partial charge in [0.15, 0.2) is 37.2 Å². The van der Waals surface area contributed by atoms with Crippen molar-refractivity contribution in [3.05, 3.63) is 353 Å². The summed E-state index contributed by atoms with van der Waals surface area (Å²) in [4.78, 5) is 26.5. The minimum atomic E-state index is 0.851.